The van der Waals surface area contributed by atoms with E-state index in [-0.39, 0.29) is 25.0 Å². The van der Waals surface area contributed by atoms with E-state index in [1.165, 1.54) is 4.90 Å². The minimum absolute atomic E-state index is 0.122. The fraction of sp³-hybridized carbons (Fsp3) is 0.318. The van der Waals surface area contributed by atoms with E-state index >= 15 is 0 Å². The fourth-order valence-electron chi connectivity index (χ4n) is 3.89. The maximum absolute atomic E-state index is 13.4. The summed E-state index contributed by atoms with van der Waals surface area (Å²) in [5.41, 5.74) is 3.85. The molecule has 2 aromatic carbocycles. The highest BCUT2D eigenvalue weighted by atomic mass is 16.6. The van der Waals surface area contributed by atoms with Crippen molar-refractivity contribution in [3.05, 3.63) is 65.7 Å². The Morgan fingerprint density at radius 3 is 2.61 bits per heavy atom. The number of rotatable bonds is 4. The number of para-hydroxylation sites is 1. The second-order valence-electron chi connectivity index (χ2n) is 7.10. The van der Waals surface area contributed by atoms with Gasteiger partial charge in [-0.05, 0) is 31.0 Å². The van der Waals surface area contributed by atoms with Crippen LogP contribution in [0.5, 0.6) is 0 Å². The van der Waals surface area contributed by atoms with Gasteiger partial charge in [-0.1, -0.05) is 55.0 Å². The number of amides is 2. The number of anilines is 1. The number of hydrogen-bond acceptors (Lipinski definition) is 5. The van der Waals surface area contributed by atoms with Crippen molar-refractivity contribution in [1.82, 2.24) is 4.90 Å². The van der Waals surface area contributed by atoms with Gasteiger partial charge in [0.25, 0.3) is 5.91 Å². The van der Waals surface area contributed by atoms with E-state index in [1.807, 2.05) is 62.4 Å². The first-order valence-corrected chi connectivity index (χ1v) is 9.58. The summed E-state index contributed by atoms with van der Waals surface area (Å²) < 4.78 is 4.99. The maximum Gasteiger partial charge on any atom is 0.416 e. The number of carbonyl (C=O) groups is 2. The molecule has 2 aliphatic heterocycles. The van der Waals surface area contributed by atoms with E-state index in [2.05, 4.69) is 6.07 Å². The maximum atomic E-state index is 13.4. The molecule has 2 atom stereocenters. The van der Waals surface area contributed by atoms with Crippen LogP contribution in [0.2, 0.25) is 0 Å². The molecule has 28 heavy (non-hydrogen) atoms. The highest BCUT2D eigenvalue weighted by molar-refractivity contribution is 6.10. The minimum Gasteiger partial charge on any atom is -0.447 e. The quantitative estimate of drug-likeness (QED) is 0.817. The van der Waals surface area contributed by atoms with Crippen LogP contribution in [0.1, 0.15) is 24.5 Å². The van der Waals surface area contributed by atoms with Gasteiger partial charge in [0.1, 0.15) is 12.6 Å². The van der Waals surface area contributed by atoms with Crippen LogP contribution in [-0.2, 0) is 9.53 Å². The summed E-state index contributed by atoms with van der Waals surface area (Å²) >= 11 is 0. The second-order valence-corrected chi connectivity index (χ2v) is 7.10. The molecule has 2 amide bonds. The SMILES string of the molecule is CC[C@H]1C(c2cccc(C)c2)=NN(c2ccccc2)[C@@H]1C(=O)N1CCOC1=O. The lowest BCUT2D eigenvalue weighted by Crippen LogP contribution is -2.49. The van der Waals surface area contributed by atoms with Crippen LogP contribution in [-0.4, -0.2) is 41.8 Å². The monoisotopic (exact) mass is 377 g/mol. The molecule has 2 aliphatic rings. The molecule has 0 radical (unpaired) electrons. The smallest absolute Gasteiger partial charge is 0.416 e. The van der Waals surface area contributed by atoms with Crippen LogP contribution in [0.15, 0.2) is 59.7 Å². The van der Waals surface area contributed by atoms with Crippen molar-refractivity contribution in [1.29, 1.82) is 0 Å². The third kappa shape index (κ3) is 3.15. The van der Waals surface area contributed by atoms with Gasteiger partial charge >= 0.3 is 6.09 Å². The molecule has 0 saturated carbocycles. The molecule has 0 spiro atoms. The van der Waals surface area contributed by atoms with Crippen LogP contribution in [0.25, 0.3) is 0 Å². The summed E-state index contributed by atoms with van der Waals surface area (Å²) in [6.45, 7) is 4.61. The van der Waals surface area contributed by atoms with Gasteiger partial charge in [0.05, 0.1) is 17.9 Å². The standard InChI is InChI=1S/C22H23N3O3/c1-3-18-19(16-9-7-8-15(2)14-16)23-25(17-10-5-4-6-11-17)20(18)21(26)24-12-13-28-22(24)27/h4-11,14,18,20H,3,12-13H2,1-2H3/t18-,20-/m0/s1. The average Bonchev–Trinajstić information content (AvgIpc) is 3.31. The van der Waals surface area contributed by atoms with Crippen LogP contribution in [0, 0.1) is 12.8 Å². The van der Waals surface area contributed by atoms with Crippen LogP contribution in [0.3, 0.4) is 0 Å². The van der Waals surface area contributed by atoms with Gasteiger partial charge in [-0.25, -0.2) is 9.69 Å². The molecule has 0 unspecified atom stereocenters. The van der Waals surface area contributed by atoms with Crippen molar-refractivity contribution in [2.24, 2.45) is 11.0 Å². The largest absolute Gasteiger partial charge is 0.447 e. The molecular formula is C22H23N3O3. The molecule has 0 N–H and O–H groups in total. The third-order valence-electron chi connectivity index (χ3n) is 5.27. The molecule has 2 aromatic rings. The molecule has 1 saturated heterocycles. The Bertz CT molecular complexity index is 926. The van der Waals surface area contributed by atoms with Crippen molar-refractivity contribution >= 4 is 23.4 Å². The summed E-state index contributed by atoms with van der Waals surface area (Å²) in [5.74, 6) is -0.382. The van der Waals surface area contributed by atoms with Crippen molar-refractivity contribution < 1.29 is 14.3 Å². The van der Waals surface area contributed by atoms with E-state index in [0.717, 1.165) is 28.9 Å². The zero-order valence-electron chi connectivity index (χ0n) is 16.0. The first kappa shape index (κ1) is 18.2. The molecule has 6 heteroatoms. The Hall–Kier alpha value is -3.15. The fourth-order valence-corrected chi connectivity index (χ4v) is 3.89. The Morgan fingerprint density at radius 1 is 1.18 bits per heavy atom. The number of carbonyl (C=O) groups excluding carboxylic acids is 2. The van der Waals surface area contributed by atoms with Crippen LogP contribution in [0.4, 0.5) is 10.5 Å². The molecule has 2 heterocycles. The highest BCUT2D eigenvalue weighted by Crippen LogP contribution is 2.34. The van der Waals surface area contributed by atoms with Gasteiger partial charge in [-0.15, -0.1) is 0 Å². The van der Waals surface area contributed by atoms with Gasteiger partial charge < -0.3 is 4.74 Å². The number of hydrazone groups is 1. The lowest BCUT2D eigenvalue weighted by molar-refractivity contribution is -0.129. The van der Waals surface area contributed by atoms with Crippen LogP contribution >= 0.6 is 0 Å². The lowest BCUT2D eigenvalue weighted by atomic mass is 9.87. The van der Waals surface area contributed by atoms with E-state index in [4.69, 9.17) is 9.84 Å². The van der Waals surface area contributed by atoms with Crippen LogP contribution < -0.4 is 5.01 Å². The third-order valence-corrected chi connectivity index (χ3v) is 5.27. The number of nitrogens with zero attached hydrogens (tertiary/aromatic N) is 3. The number of ether oxygens (including phenoxy) is 1. The van der Waals surface area contributed by atoms with Crippen molar-refractivity contribution in [3.8, 4) is 0 Å². The summed E-state index contributed by atoms with van der Waals surface area (Å²) in [7, 11) is 0. The number of imide groups is 1. The first-order valence-electron chi connectivity index (χ1n) is 9.58. The van der Waals surface area contributed by atoms with Gasteiger partial charge in [-0.2, -0.15) is 5.10 Å². The zero-order chi connectivity index (χ0) is 19.7. The Morgan fingerprint density at radius 2 is 1.96 bits per heavy atom. The van der Waals surface area contributed by atoms with Gasteiger partial charge in [0, 0.05) is 5.92 Å². The summed E-state index contributed by atoms with van der Waals surface area (Å²) in [4.78, 5) is 26.6. The first-order chi connectivity index (χ1) is 13.6. The Kier molecular flexibility index (Phi) is 4.86. The highest BCUT2D eigenvalue weighted by Gasteiger charge is 2.46. The Labute approximate surface area is 164 Å². The van der Waals surface area contributed by atoms with E-state index in [0.29, 0.717) is 0 Å². The molecule has 6 nitrogen and oxygen atoms in total. The molecule has 0 aliphatic carbocycles. The van der Waals surface area contributed by atoms with E-state index in [1.54, 1.807) is 5.01 Å². The average molecular weight is 377 g/mol. The molecular weight excluding hydrogens is 354 g/mol. The second kappa shape index (κ2) is 7.46. The molecule has 0 aromatic heterocycles. The predicted octanol–water partition coefficient (Wildman–Crippen LogP) is 3.59. The number of aryl methyl sites for hydroxylation is 1. The number of cyclic esters (lactones) is 1. The van der Waals surface area contributed by atoms with Crippen molar-refractivity contribution in [2.75, 3.05) is 18.2 Å². The number of hydrogen-bond donors (Lipinski definition) is 0. The lowest BCUT2D eigenvalue weighted by Gasteiger charge is -2.28. The molecule has 4 rings (SSSR count). The van der Waals surface area contributed by atoms with Crippen molar-refractivity contribution in [3.63, 3.8) is 0 Å². The normalized spacial score (nSPS) is 21.6. The van der Waals surface area contributed by atoms with E-state index in [9.17, 15) is 9.59 Å². The van der Waals surface area contributed by atoms with Gasteiger partial charge in [0.2, 0.25) is 0 Å². The van der Waals surface area contributed by atoms with Gasteiger partial charge in [-0.3, -0.25) is 9.80 Å². The predicted molar refractivity (Wildman–Crippen MR) is 107 cm³/mol. The molecule has 1 fully saturated rings. The molecule has 0 bridgehead atoms. The topological polar surface area (TPSA) is 62.2 Å². The summed E-state index contributed by atoms with van der Waals surface area (Å²) in [6.07, 6.45) is 0.159. The minimum atomic E-state index is -0.575. The van der Waals surface area contributed by atoms with Gasteiger partial charge in [0.15, 0.2) is 0 Å². The van der Waals surface area contributed by atoms with Crippen molar-refractivity contribution in [2.45, 2.75) is 26.3 Å². The zero-order valence-corrected chi connectivity index (χ0v) is 16.0. The summed E-state index contributed by atoms with van der Waals surface area (Å²) in [5, 5.41) is 6.63. The van der Waals surface area contributed by atoms with E-state index < -0.39 is 12.1 Å². The summed E-state index contributed by atoms with van der Waals surface area (Å²) in [6, 6.07) is 17.2. The Balaban J connectivity index is 1.78. The molecule has 144 valence electrons. The number of benzene rings is 2.